The molecule has 2 aliphatic rings. The Kier molecular flexibility index (Phi) is 9.06. The minimum Gasteiger partial charge on any atom is -0.456 e. The van der Waals surface area contributed by atoms with Gasteiger partial charge in [-0.3, -0.25) is 0 Å². The fourth-order valence-electron chi connectivity index (χ4n) is 12.4. The molecule has 0 N–H and O–H groups in total. The Morgan fingerprint density at radius 2 is 0.743 bits per heavy atom. The van der Waals surface area contributed by atoms with Crippen LogP contribution in [0.15, 0.2) is 277 Å². The van der Waals surface area contributed by atoms with Crippen molar-refractivity contribution in [3.63, 3.8) is 0 Å². The van der Waals surface area contributed by atoms with Gasteiger partial charge in [0.1, 0.15) is 11.2 Å². The lowest BCUT2D eigenvalue weighted by molar-refractivity contribution is 0.648. The summed E-state index contributed by atoms with van der Waals surface area (Å²) in [7, 11) is 0. The summed E-state index contributed by atoms with van der Waals surface area (Å²) in [6.07, 6.45) is 0. The zero-order chi connectivity index (χ0) is 46.2. The summed E-state index contributed by atoms with van der Waals surface area (Å²) >= 11 is 0. The molecule has 328 valence electrons. The summed E-state index contributed by atoms with van der Waals surface area (Å²) in [4.78, 5) is 2.45. The SMILES string of the molecule is c1ccc(-c2ccc(N(c3ccc4c(c3)C(c3ccccc3)(c3ccccc3)c3ccccc3-4)c3cccc4oc5c(C6(c7ccccc7)c7ccccc7-c7ccccc76)cccc5c34)cc2)cc1. The van der Waals surface area contributed by atoms with Crippen molar-refractivity contribution in [1.82, 2.24) is 0 Å². The highest BCUT2D eigenvalue weighted by Crippen LogP contribution is 2.60. The highest BCUT2D eigenvalue weighted by Gasteiger charge is 2.48. The van der Waals surface area contributed by atoms with E-state index in [1.807, 2.05) is 0 Å². The predicted octanol–water partition coefficient (Wildman–Crippen LogP) is 17.4. The summed E-state index contributed by atoms with van der Waals surface area (Å²) in [5.41, 5.74) is 20.9. The first-order chi connectivity index (χ1) is 34.7. The Morgan fingerprint density at radius 3 is 1.33 bits per heavy atom. The molecule has 2 aliphatic carbocycles. The number of rotatable bonds is 8. The fourth-order valence-corrected chi connectivity index (χ4v) is 12.4. The number of hydrogen-bond acceptors (Lipinski definition) is 2. The van der Waals surface area contributed by atoms with Gasteiger partial charge in [-0.2, -0.15) is 0 Å². The molecule has 0 amide bonds. The average Bonchev–Trinajstić information content (AvgIpc) is 4.08. The van der Waals surface area contributed by atoms with Gasteiger partial charge in [-0.25, -0.2) is 0 Å². The van der Waals surface area contributed by atoms with Gasteiger partial charge in [-0.15, -0.1) is 0 Å². The van der Waals surface area contributed by atoms with Crippen LogP contribution >= 0.6 is 0 Å². The molecule has 2 nitrogen and oxygen atoms in total. The molecule has 70 heavy (non-hydrogen) atoms. The molecule has 0 unspecified atom stereocenters. The zero-order valence-electron chi connectivity index (χ0n) is 38.3. The monoisotopic (exact) mass is 891 g/mol. The van der Waals surface area contributed by atoms with E-state index >= 15 is 0 Å². The molecule has 0 spiro atoms. The molecular weight excluding hydrogens is 847 g/mol. The number of anilines is 3. The summed E-state index contributed by atoms with van der Waals surface area (Å²) in [6.45, 7) is 0. The van der Waals surface area contributed by atoms with Crippen LogP contribution in [0.1, 0.15) is 44.5 Å². The maximum Gasteiger partial charge on any atom is 0.140 e. The van der Waals surface area contributed by atoms with Crippen LogP contribution in [0.5, 0.6) is 0 Å². The molecule has 12 aromatic rings. The summed E-state index contributed by atoms with van der Waals surface area (Å²) < 4.78 is 7.35. The van der Waals surface area contributed by atoms with Crippen LogP contribution in [0.4, 0.5) is 17.1 Å². The Hall–Kier alpha value is -8.98. The Labute approximate surface area is 408 Å². The third kappa shape index (κ3) is 5.68. The minimum atomic E-state index is -0.623. The van der Waals surface area contributed by atoms with Gasteiger partial charge in [0.05, 0.1) is 21.9 Å². The number of para-hydroxylation sites is 1. The predicted molar refractivity (Wildman–Crippen MR) is 288 cm³/mol. The van der Waals surface area contributed by atoms with Gasteiger partial charge in [0, 0.05) is 22.3 Å². The van der Waals surface area contributed by atoms with E-state index in [0.717, 1.165) is 44.6 Å². The summed E-state index contributed by atoms with van der Waals surface area (Å²) in [5.74, 6) is 0. The standard InChI is InChI=1S/C68H45NO/c1-5-21-46(22-6-1)47-39-41-51(42-40-47)69(52-43-44-56-55-31-13-16-33-58(55)67(62(56)45-52,48-23-7-2-8-24-48)49-25-9-3-10-26-49)63-37-20-38-64-65(63)57-32-19-36-61(66(57)70-64)68(50-27-11-4-12-28-50)59-34-17-14-29-53(59)54-30-15-18-35-60(54)68/h1-45H. The second kappa shape index (κ2) is 15.8. The topological polar surface area (TPSA) is 16.4 Å². The van der Waals surface area contributed by atoms with Crippen molar-refractivity contribution in [3.05, 3.63) is 317 Å². The van der Waals surface area contributed by atoms with E-state index in [4.69, 9.17) is 4.42 Å². The lowest BCUT2D eigenvalue weighted by Crippen LogP contribution is -2.28. The first-order valence-corrected chi connectivity index (χ1v) is 24.3. The molecule has 11 aromatic carbocycles. The third-order valence-electron chi connectivity index (χ3n) is 15.2. The normalized spacial score (nSPS) is 13.7. The van der Waals surface area contributed by atoms with Crippen LogP contribution in [0.25, 0.3) is 55.3 Å². The van der Waals surface area contributed by atoms with Crippen LogP contribution in [0, 0.1) is 0 Å². The Morgan fingerprint density at radius 1 is 0.300 bits per heavy atom. The lowest BCUT2D eigenvalue weighted by Gasteiger charge is -2.35. The second-order valence-corrected chi connectivity index (χ2v) is 18.6. The van der Waals surface area contributed by atoms with Crippen molar-refractivity contribution in [2.24, 2.45) is 0 Å². The molecule has 2 heteroatoms. The van der Waals surface area contributed by atoms with E-state index in [1.54, 1.807) is 0 Å². The number of benzene rings is 11. The molecule has 0 saturated carbocycles. The minimum absolute atomic E-state index is 0.559. The lowest BCUT2D eigenvalue weighted by atomic mass is 9.67. The van der Waals surface area contributed by atoms with E-state index in [9.17, 15) is 0 Å². The van der Waals surface area contributed by atoms with Crippen LogP contribution in [-0.4, -0.2) is 0 Å². The average molecular weight is 892 g/mol. The van der Waals surface area contributed by atoms with Gasteiger partial charge < -0.3 is 9.32 Å². The maximum absolute atomic E-state index is 7.35. The molecule has 1 aromatic heterocycles. The Bertz CT molecular complexity index is 3840. The number of hydrogen-bond donors (Lipinski definition) is 0. The first kappa shape index (κ1) is 40.1. The van der Waals surface area contributed by atoms with Crippen molar-refractivity contribution in [2.45, 2.75) is 10.8 Å². The first-order valence-electron chi connectivity index (χ1n) is 24.3. The number of nitrogens with zero attached hydrogens (tertiary/aromatic N) is 1. The summed E-state index contributed by atoms with van der Waals surface area (Å²) in [6, 6.07) is 100. The highest BCUT2D eigenvalue weighted by atomic mass is 16.3. The number of furan rings is 1. The number of fused-ring (bicyclic) bond motifs is 9. The van der Waals surface area contributed by atoms with Crippen molar-refractivity contribution in [1.29, 1.82) is 0 Å². The highest BCUT2D eigenvalue weighted by molar-refractivity contribution is 6.15. The molecule has 0 saturated heterocycles. The van der Waals surface area contributed by atoms with Gasteiger partial charge in [0.2, 0.25) is 0 Å². The van der Waals surface area contributed by atoms with Gasteiger partial charge in [-0.1, -0.05) is 237 Å². The molecular formula is C68H45NO. The van der Waals surface area contributed by atoms with Crippen LogP contribution < -0.4 is 4.90 Å². The van der Waals surface area contributed by atoms with E-state index in [-0.39, 0.29) is 0 Å². The third-order valence-corrected chi connectivity index (χ3v) is 15.2. The fraction of sp³-hybridized carbons (Fsp3) is 0.0294. The maximum atomic E-state index is 7.35. The second-order valence-electron chi connectivity index (χ2n) is 18.6. The van der Waals surface area contributed by atoms with Crippen molar-refractivity contribution >= 4 is 39.0 Å². The zero-order valence-corrected chi connectivity index (χ0v) is 38.3. The largest absolute Gasteiger partial charge is 0.456 e. The van der Waals surface area contributed by atoms with Gasteiger partial charge in [-0.05, 0) is 109 Å². The van der Waals surface area contributed by atoms with E-state index < -0.39 is 10.8 Å². The van der Waals surface area contributed by atoms with Crippen LogP contribution in [0.2, 0.25) is 0 Å². The van der Waals surface area contributed by atoms with Gasteiger partial charge >= 0.3 is 0 Å². The van der Waals surface area contributed by atoms with Crippen molar-refractivity contribution < 1.29 is 4.42 Å². The quantitative estimate of drug-likeness (QED) is 0.151. The smallest absolute Gasteiger partial charge is 0.140 e. The van der Waals surface area contributed by atoms with Crippen molar-refractivity contribution in [2.75, 3.05) is 4.90 Å². The molecule has 1 heterocycles. The Balaban J connectivity index is 1.04. The molecule has 14 rings (SSSR count). The molecule has 0 aliphatic heterocycles. The van der Waals surface area contributed by atoms with E-state index in [0.29, 0.717) is 0 Å². The summed E-state index contributed by atoms with van der Waals surface area (Å²) in [5, 5.41) is 2.14. The van der Waals surface area contributed by atoms with Gasteiger partial charge in [0.25, 0.3) is 0 Å². The molecule has 0 radical (unpaired) electrons. The van der Waals surface area contributed by atoms with E-state index in [1.165, 1.54) is 72.3 Å². The van der Waals surface area contributed by atoms with E-state index in [2.05, 4.69) is 278 Å². The molecule has 0 atom stereocenters. The molecule has 0 bridgehead atoms. The molecule has 0 fully saturated rings. The van der Waals surface area contributed by atoms with Crippen LogP contribution in [-0.2, 0) is 10.8 Å². The van der Waals surface area contributed by atoms with Crippen LogP contribution in [0.3, 0.4) is 0 Å². The van der Waals surface area contributed by atoms with Crippen molar-refractivity contribution in [3.8, 4) is 33.4 Å². The van der Waals surface area contributed by atoms with Gasteiger partial charge in [0.15, 0.2) is 0 Å².